The maximum absolute atomic E-state index is 12.5. The average Bonchev–Trinajstić information content (AvgIpc) is 2.94. The van der Waals surface area contributed by atoms with Crippen LogP contribution in [0.2, 0.25) is 0 Å². The fraction of sp³-hybridized carbons (Fsp3) is 0.214. The van der Waals surface area contributed by atoms with E-state index in [9.17, 15) is 13.2 Å². The number of fused-ring (bicyclic) bond motifs is 1. The Morgan fingerprint density at radius 2 is 1.91 bits per heavy atom. The molecule has 8 nitrogen and oxygen atoms in total. The molecule has 0 saturated carbocycles. The third-order valence-corrected chi connectivity index (χ3v) is 4.99. The molecule has 0 bridgehead atoms. The van der Waals surface area contributed by atoms with Gasteiger partial charge >= 0.3 is 0 Å². The van der Waals surface area contributed by atoms with E-state index in [1.807, 2.05) is 13.8 Å². The van der Waals surface area contributed by atoms with E-state index in [-0.39, 0.29) is 22.1 Å². The zero-order chi connectivity index (χ0) is 16.8. The van der Waals surface area contributed by atoms with Gasteiger partial charge in [-0.2, -0.15) is 4.52 Å². The topological polar surface area (TPSA) is 109 Å². The van der Waals surface area contributed by atoms with Gasteiger partial charge in [0.2, 0.25) is 0 Å². The summed E-state index contributed by atoms with van der Waals surface area (Å²) >= 11 is 0. The highest BCUT2D eigenvalue weighted by Gasteiger charge is 2.20. The first-order chi connectivity index (χ1) is 10.8. The molecule has 0 fully saturated rings. The third kappa shape index (κ3) is 2.59. The van der Waals surface area contributed by atoms with E-state index in [4.69, 9.17) is 0 Å². The van der Waals surface area contributed by atoms with Crippen molar-refractivity contribution < 1.29 is 8.42 Å². The second kappa shape index (κ2) is 5.20. The molecule has 0 aliphatic carbocycles. The number of hydrogen-bond donors (Lipinski definition) is 2. The van der Waals surface area contributed by atoms with Crippen LogP contribution < -0.4 is 10.3 Å². The third-order valence-electron chi connectivity index (χ3n) is 3.64. The number of benzene rings is 1. The lowest BCUT2D eigenvalue weighted by Gasteiger charge is -2.10. The highest BCUT2D eigenvalue weighted by molar-refractivity contribution is 7.92. The lowest BCUT2D eigenvalue weighted by Crippen LogP contribution is -2.25. The first kappa shape index (κ1) is 15.2. The molecular formula is C14H15N5O3S. The van der Waals surface area contributed by atoms with Gasteiger partial charge in [0.15, 0.2) is 0 Å². The van der Waals surface area contributed by atoms with E-state index >= 15 is 0 Å². The zero-order valence-corrected chi connectivity index (χ0v) is 13.6. The molecule has 0 unspecified atom stereocenters. The van der Waals surface area contributed by atoms with Crippen LogP contribution in [-0.2, 0) is 10.0 Å². The minimum atomic E-state index is -3.89. The molecule has 0 amide bonds. The highest BCUT2D eigenvalue weighted by Crippen LogP contribution is 2.18. The summed E-state index contributed by atoms with van der Waals surface area (Å²) in [7, 11) is -3.89. The Morgan fingerprint density at radius 1 is 1.17 bits per heavy atom. The summed E-state index contributed by atoms with van der Waals surface area (Å²) in [4.78, 5) is 20.4. The molecule has 2 heterocycles. The molecular weight excluding hydrogens is 318 g/mol. The number of nitrogens with zero attached hydrogens (tertiary/aromatic N) is 3. The molecule has 0 aliphatic heterocycles. The minimum Gasteiger partial charge on any atom is -0.278 e. The van der Waals surface area contributed by atoms with Crippen LogP contribution in [0.1, 0.15) is 16.8 Å². The molecule has 2 N–H and O–H groups in total. The van der Waals surface area contributed by atoms with E-state index in [0.29, 0.717) is 0 Å². The van der Waals surface area contributed by atoms with Crippen molar-refractivity contribution in [2.24, 2.45) is 0 Å². The quantitative estimate of drug-likeness (QED) is 0.747. The van der Waals surface area contributed by atoms with Crippen molar-refractivity contribution in [1.29, 1.82) is 0 Å². The number of aryl methyl sites for hydroxylation is 3. The standard InChI is InChI=1S/C14H15N5O3S/c1-8-4-5-11(6-9(8)2)23(21,22)18-12-10(3)17-14-15-7-16-19(14)13(12)20/h4-7,18H,1-3H3,(H,15,16,17). The second-order valence-corrected chi connectivity index (χ2v) is 6.93. The van der Waals surface area contributed by atoms with Crippen molar-refractivity contribution in [3.63, 3.8) is 0 Å². The van der Waals surface area contributed by atoms with Gasteiger partial charge in [-0.25, -0.2) is 18.4 Å². The van der Waals surface area contributed by atoms with Crippen molar-refractivity contribution in [3.8, 4) is 0 Å². The summed E-state index contributed by atoms with van der Waals surface area (Å²) in [5, 5.41) is 2.59. The monoisotopic (exact) mass is 333 g/mol. The second-order valence-electron chi connectivity index (χ2n) is 5.25. The summed E-state index contributed by atoms with van der Waals surface area (Å²) in [5.41, 5.74) is 1.43. The fourth-order valence-electron chi connectivity index (χ4n) is 2.15. The molecule has 0 aliphatic rings. The summed E-state index contributed by atoms with van der Waals surface area (Å²) < 4.78 is 28.5. The minimum absolute atomic E-state index is 0.0918. The van der Waals surface area contributed by atoms with Gasteiger partial charge in [0.1, 0.15) is 12.0 Å². The first-order valence-corrected chi connectivity index (χ1v) is 8.31. The SMILES string of the molecule is Cc1ccc(S(=O)(=O)Nc2c(C)nc3nc[nH]n3c2=O)cc1C. The van der Waals surface area contributed by atoms with Crippen molar-refractivity contribution in [2.45, 2.75) is 25.7 Å². The molecule has 0 spiro atoms. The predicted molar refractivity (Wildman–Crippen MR) is 85.1 cm³/mol. The van der Waals surface area contributed by atoms with Gasteiger partial charge in [-0.3, -0.25) is 14.6 Å². The Kier molecular flexibility index (Phi) is 3.44. The molecule has 0 atom stereocenters. The maximum atomic E-state index is 12.5. The summed E-state index contributed by atoms with van der Waals surface area (Å²) in [6.45, 7) is 5.27. The van der Waals surface area contributed by atoms with E-state index in [2.05, 4.69) is 19.8 Å². The van der Waals surface area contributed by atoms with E-state index in [1.54, 1.807) is 19.1 Å². The van der Waals surface area contributed by atoms with Gasteiger partial charge in [0.05, 0.1) is 10.6 Å². The Balaban J connectivity index is 2.10. The first-order valence-electron chi connectivity index (χ1n) is 6.82. The van der Waals surface area contributed by atoms with Gasteiger partial charge in [-0.15, -0.1) is 0 Å². The molecule has 0 saturated heterocycles. The molecule has 3 rings (SSSR count). The molecule has 120 valence electrons. The molecule has 9 heteroatoms. The van der Waals surface area contributed by atoms with E-state index in [0.717, 1.165) is 15.6 Å². The predicted octanol–water partition coefficient (Wildman–Crippen LogP) is 1.14. The van der Waals surface area contributed by atoms with Crippen LogP contribution in [-0.4, -0.2) is 28.0 Å². The van der Waals surface area contributed by atoms with E-state index in [1.165, 1.54) is 12.4 Å². The van der Waals surface area contributed by atoms with E-state index < -0.39 is 15.6 Å². The average molecular weight is 333 g/mol. The van der Waals surface area contributed by atoms with Crippen LogP contribution in [0.15, 0.2) is 34.2 Å². The molecule has 1 aromatic carbocycles. The van der Waals surface area contributed by atoms with Crippen LogP contribution in [0.4, 0.5) is 5.69 Å². The van der Waals surface area contributed by atoms with Crippen LogP contribution in [0.5, 0.6) is 0 Å². The van der Waals surface area contributed by atoms with Gasteiger partial charge in [0, 0.05) is 0 Å². The van der Waals surface area contributed by atoms with Crippen LogP contribution in [0.25, 0.3) is 5.78 Å². The lowest BCUT2D eigenvalue weighted by molar-refractivity contribution is 0.601. The number of H-pyrrole nitrogens is 1. The molecule has 3 aromatic rings. The van der Waals surface area contributed by atoms with Crippen molar-refractivity contribution in [1.82, 2.24) is 19.6 Å². The number of rotatable bonds is 3. The number of anilines is 1. The van der Waals surface area contributed by atoms with Gasteiger partial charge in [-0.05, 0) is 44.0 Å². The van der Waals surface area contributed by atoms with Crippen molar-refractivity contribution in [2.75, 3.05) is 4.72 Å². The molecule has 0 radical (unpaired) electrons. The number of nitrogens with one attached hydrogen (secondary N) is 2. The van der Waals surface area contributed by atoms with Crippen molar-refractivity contribution >= 4 is 21.5 Å². The van der Waals surface area contributed by atoms with Crippen LogP contribution in [0, 0.1) is 20.8 Å². The molecule has 23 heavy (non-hydrogen) atoms. The van der Waals surface area contributed by atoms with Gasteiger partial charge < -0.3 is 0 Å². The Bertz CT molecular complexity index is 1070. The van der Waals surface area contributed by atoms with Gasteiger partial charge in [-0.1, -0.05) is 6.07 Å². The molecule has 2 aromatic heterocycles. The maximum Gasteiger partial charge on any atom is 0.298 e. The highest BCUT2D eigenvalue weighted by atomic mass is 32.2. The fourth-order valence-corrected chi connectivity index (χ4v) is 3.35. The normalized spacial score (nSPS) is 11.8. The zero-order valence-electron chi connectivity index (χ0n) is 12.8. The number of aromatic nitrogens is 4. The number of hydrogen-bond acceptors (Lipinski definition) is 5. The Hall–Kier alpha value is -2.68. The van der Waals surface area contributed by atoms with Crippen LogP contribution in [0.3, 0.4) is 0 Å². The summed E-state index contributed by atoms with van der Waals surface area (Å²) in [6.07, 6.45) is 1.31. The number of aromatic amines is 1. The largest absolute Gasteiger partial charge is 0.298 e. The number of sulfonamides is 1. The Labute approximate surface area is 132 Å². The summed E-state index contributed by atoms with van der Waals surface area (Å²) in [5.74, 6) is 0.182. The van der Waals surface area contributed by atoms with Crippen LogP contribution >= 0.6 is 0 Å². The summed E-state index contributed by atoms with van der Waals surface area (Å²) in [6, 6.07) is 4.78. The lowest BCUT2D eigenvalue weighted by atomic mass is 10.1. The Morgan fingerprint density at radius 3 is 2.61 bits per heavy atom. The van der Waals surface area contributed by atoms with Crippen molar-refractivity contribution in [3.05, 3.63) is 51.7 Å². The smallest absolute Gasteiger partial charge is 0.278 e. The van der Waals surface area contributed by atoms with Gasteiger partial charge in [0.25, 0.3) is 21.4 Å².